The van der Waals surface area contributed by atoms with E-state index in [9.17, 15) is 9.59 Å². The molecule has 1 saturated heterocycles. The SMILES string of the molecule is COc1ccc(CCN2CC(C(=O)Nc3cccc(Br)c3)CC2=O)cc1OC. The van der Waals surface area contributed by atoms with Crippen LogP contribution in [0.25, 0.3) is 0 Å². The second-order valence-electron chi connectivity index (χ2n) is 6.68. The molecular weight excluding hydrogens is 424 g/mol. The Balaban J connectivity index is 1.56. The Bertz CT molecular complexity index is 871. The van der Waals surface area contributed by atoms with Crippen LogP contribution in [0.1, 0.15) is 12.0 Å². The minimum absolute atomic E-state index is 0.00914. The van der Waals surface area contributed by atoms with E-state index in [0.29, 0.717) is 31.0 Å². The van der Waals surface area contributed by atoms with E-state index >= 15 is 0 Å². The third-order valence-corrected chi connectivity index (χ3v) is 5.29. The highest BCUT2D eigenvalue weighted by Gasteiger charge is 2.34. The average Bonchev–Trinajstić information content (AvgIpc) is 3.07. The number of likely N-dealkylation sites (tertiary alicyclic amines) is 1. The Kier molecular flexibility index (Phi) is 6.57. The Morgan fingerprint density at radius 1 is 1.18 bits per heavy atom. The van der Waals surface area contributed by atoms with Crippen molar-refractivity contribution >= 4 is 33.4 Å². The van der Waals surface area contributed by atoms with Crippen molar-refractivity contribution in [3.05, 3.63) is 52.5 Å². The molecule has 1 unspecified atom stereocenters. The van der Waals surface area contributed by atoms with E-state index < -0.39 is 0 Å². The summed E-state index contributed by atoms with van der Waals surface area (Å²) < 4.78 is 11.5. The van der Waals surface area contributed by atoms with Crippen LogP contribution in [0.15, 0.2) is 46.9 Å². The van der Waals surface area contributed by atoms with Crippen molar-refractivity contribution in [2.45, 2.75) is 12.8 Å². The van der Waals surface area contributed by atoms with E-state index in [-0.39, 0.29) is 24.2 Å². The van der Waals surface area contributed by atoms with Crippen molar-refractivity contribution in [3.63, 3.8) is 0 Å². The average molecular weight is 447 g/mol. The zero-order valence-corrected chi connectivity index (χ0v) is 17.5. The standard InChI is InChI=1S/C21H23BrN2O4/c1-27-18-7-6-14(10-19(18)28-2)8-9-24-13-15(11-20(24)25)21(26)23-17-5-3-4-16(22)12-17/h3-7,10,12,15H,8-9,11,13H2,1-2H3,(H,23,26). The molecule has 0 bridgehead atoms. The number of rotatable bonds is 7. The zero-order valence-electron chi connectivity index (χ0n) is 15.9. The number of hydrogen-bond acceptors (Lipinski definition) is 4. The van der Waals surface area contributed by atoms with Gasteiger partial charge in [0.05, 0.1) is 20.1 Å². The largest absolute Gasteiger partial charge is 0.493 e. The van der Waals surface area contributed by atoms with Gasteiger partial charge in [0.25, 0.3) is 0 Å². The van der Waals surface area contributed by atoms with E-state index in [1.807, 2.05) is 42.5 Å². The molecule has 1 atom stereocenters. The van der Waals surface area contributed by atoms with E-state index in [1.165, 1.54) is 0 Å². The van der Waals surface area contributed by atoms with E-state index in [4.69, 9.17) is 9.47 Å². The first-order chi connectivity index (χ1) is 13.5. The van der Waals surface area contributed by atoms with Crippen molar-refractivity contribution in [1.29, 1.82) is 0 Å². The molecule has 3 rings (SSSR count). The number of amides is 2. The van der Waals surface area contributed by atoms with Crippen molar-refractivity contribution in [2.75, 3.05) is 32.6 Å². The molecule has 28 heavy (non-hydrogen) atoms. The van der Waals surface area contributed by atoms with Gasteiger partial charge in [-0.25, -0.2) is 0 Å². The van der Waals surface area contributed by atoms with Gasteiger partial charge in [0.15, 0.2) is 11.5 Å². The lowest BCUT2D eigenvalue weighted by Gasteiger charge is -2.17. The number of benzene rings is 2. The molecule has 1 fully saturated rings. The molecule has 0 radical (unpaired) electrons. The molecule has 0 spiro atoms. The fourth-order valence-corrected chi connectivity index (χ4v) is 3.67. The van der Waals surface area contributed by atoms with Crippen LogP contribution in [-0.4, -0.2) is 44.0 Å². The van der Waals surface area contributed by atoms with Crippen LogP contribution < -0.4 is 14.8 Å². The van der Waals surface area contributed by atoms with E-state index in [2.05, 4.69) is 21.2 Å². The van der Waals surface area contributed by atoms with Gasteiger partial charge in [0.2, 0.25) is 11.8 Å². The molecule has 0 saturated carbocycles. The second-order valence-corrected chi connectivity index (χ2v) is 7.60. The molecule has 0 aliphatic carbocycles. The summed E-state index contributed by atoms with van der Waals surface area (Å²) in [6, 6.07) is 13.1. The number of carbonyl (C=O) groups is 2. The Morgan fingerprint density at radius 2 is 1.96 bits per heavy atom. The second kappa shape index (κ2) is 9.10. The molecule has 7 heteroatoms. The summed E-state index contributed by atoms with van der Waals surface area (Å²) in [5.41, 5.74) is 1.77. The maximum atomic E-state index is 12.5. The molecule has 2 amide bonds. The number of nitrogens with zero attached hydrogens (tertiary/aromatic N) is 1. The molecule has 1 N–H and O–H groups in total. The predicted molar refractivity (Wildman–Crippen MR) is 111 cm³/mol. The molecule has 6 nitrogen and oxygen atoms in total. The maximum absolute atomic E-state index is 12.5. The van der Waals surface area contributed by atoms with Gasteiger partial charge < -0.3 is 19.7 Å². The minimum Gasteiger partial charge on any atom is -0.493 e. The highest BCUT2D eigenvalue weighted by Crippen LogP contribution is 2.28. The number of carbonyl (C=O) groups excluding carboxylic acids is 2. The summed E-state index contributed by atoms with van der Waals surface area (Å²) in [5, 5.41) is 2.89. The molecule has 148 valence electrons. The molecule has 2 aromatic carbocycles. The van der Waals surface area contributed by atoms with Crippen LogP contribution in [0.4, 0.5) is 5.69 Å². The van der Waals surface area contributed by atoms with Gasteiger partial charge in [0, 0.05) is 29.7 Å². The van der Waals surface area contributed by atoms with Crippen LogP contribution in [0.2, 0.25) is 0 Å². The van der Waals surface area contributed by atoms with Gasteiger partial charge in [-0.05, 0) is 42.3 Å². The van der Waals surface area contributed by atoms with Crippen molar-refractivity contribution in [1.82, 2.24) is 4.90 Å². The van der Waals surface area contributed by atoms with E-state index in [1.54, 1.807) is 19.1 Å². The first-order valence-corrected chi connectivity index (χ1v) is 9.84. The summed E-state index contributed by atoms with van der Waals surface area (Å²) in [5.74, 6) is 0.888. The van der Waals surface area contributed by atoms with Crippen molar-refractivity contribution in [2.24, 2.45) is 5.92 Å². The fraction of sp³-hybridized carbons (Fsp3) is 0.333. The number of methoxy groups -OCH3 is 2. The third kappa shape index (κ3) is 4.84. The lowest BCUT2D eigenvalue weighted by Crippen LogP contribution is -2.30. The summed E-state index contributed by atoms with van der Waals surface area (Å²) in [6.45, 7) is 1.00. The maximum Gasteiger partial charge on any atom is 0.229 e. The lowest BCUT2D eigenvalue weighted by atomic mass is 10.1. The summed E-state index contributed by atoms with van der Waals surface area (Å²) in [4.78, 5) is 26.6. The highest BCUT2D eigenvalue weighted by atomic mass is 79.9. The van der Waals surface area contributed by atoms with Gasteiger partial charge in [-0.2, -0.15) is 0 Å². The van der Waals surface area contributed by atoms with Gasteiger partial charge in [-0.1, -0.05) is 28.1 Å². The van der Waals surface area contributed by atoms with Crippen molar-refractivity contribution < 1.29 is 19.1 Å². The van der Waals surface area contributed by atoms with Crippen LogP contribution in [0, 0.1) is 5.92 Å². The molecular formula is C21H23BrN2O4. The van der Waals surface area contributed by atoms with Crippen LogP contribution >= 0.6 is 15.9 Å². The summed E-state index contributed by atoms with van der Waals surface area (Å²) in [6.07, 6.45) is 0.928. The fourth-order valence-electron chi connectivity index (χ4n) is 3.27. The number of hydrogen-bond donors (Lipinski definition) is 1. The Morgan fingerprint density at radius 3 is 2.68 bits per heavy atom. The zero-order chi connectivity index (χ0) is 20.1. The van der Waals surface area contributed by atoms with Crippen LogP contribution in [-0.2, 0) is 16.0 Å². The lowest BCUT2D eigenvalue weighted by molar-refractivity contribution is -0.128. The van der Waals surface area contributed by atoms with E-state index in [0.717, 1.165) is 15.7 Å². The number of halogens is 1. The molecule has 1 heterocycles. The molecule has 0 aromatic heterocycles. The highest BCUT2D eigenvalue weighted by molar-refractivity contribution is 9.10. The Labute approximate surface area is 172 Å². The van der Waals surface area contributed by atoms with Crippen molar-refractivity contribution in [3.8, 4) is 11.5 Å². The number of anilines is 1. The molecule has 1 aliphatic heterocycles. The van der Waals surface area contributed by atoms with Gasteiger partial charge >= 0.3 is 0 Å². The topological polar surface area (TPSA) is 67.9 Å². The normalized spacial score (nSPS) is 16.2. The minimum atomic E-state index is -0.336. The number of ether oxygens (including phenoxy) is 2. The van der Waals surface area contributed by atoms with Gasteiger partial charge in [-0.3, -0.25) is 9.59 Å². The van der Waals surface area contributed by atoms with Crippen LogP contribution in [0.5, 0.6) is 11.5 Å². The summed E-state index contributed by atoms with van der Waals surface area (Å²) >= 11 is 3.39. The molecule has 1 aliphatic rings. The quantitative estimate of drug-likeness (QED) is 0.706. The Hall–Kier alpha value is -2.54. The molecule has 2 aromatic rings. The summed E-state index contributed by atoms with van der Waals surface area (Å²) in [7, 11) is 3.19. The first-order valence-electron chi connectivity index (χ1n) is 9.05. The smallest absolute Gasteiger partial charge is 0.229 e. The first kappa shape index (κ1) is 20.2. The number of nitrogens with one attached hydrogen (secondary N) is 1. The predicted octanol–water partition coefficient (Wildman–Crippen LogP) is 3.50. The van der Waals surface area contributed by atoms with Gasteiger partial charge in [-0.15, -0.1) is 0 Å². The van der Waals surface area contributed by atoms with Crippen LogP contribution in [0.3, 0.4) is 0 Å². The third-order valence-electron chi connectivity index (χ3n) is 4.80. The van der Waals surface area contributed by atoms with Gasteiger partial charge in [0.1, 0.15) is 0 Å². The monoisotopic (exact) mass is 446 g/mol.